The van der Waals surface area contributed by atoms with E-state index in [1.165, 1.54) is 18.4 Å². The number of ether oxygens (including phenoxy) is 2. The Balaban J connectivity index is 2.06. The third kappa shape index (κ3) is 2.76. The van der Waals surface area contributed by atoms with Crippen LogP contribution in [0.3, 0.4) is 0 Å². The molecule has 1 aliphatic rings. The number of aromatic nitrogens is 1. The van der Waals surface area contributed by atoms with Crippen molar-refractivity contribution in [2.45, 2.75) is 19.4 Å². The van der Waals surface area contributed by atoms with E-state index in [4.69, 9.17) is 4.74 Å². The Kier molecular flexibility index (Phi) is 3.96. The van der Waals surface area contributed by atoms with Gasteiger partial charge in [0.25, 0.3) is 0 Å². The van der Waals surface area contributed by atoms with Crippen LogP contribution in [0.4, 0.5) is 5.13 Å². The molecular formula is C11H16N2O3S. The summed E-state index contributed by atoms with van der Waals surface area (Å²) in [6.45, 7) is 4.48. The number of thiazole rings is 1. The molecule has 1 saturated heterocycles. The zero-order chi connectivity index (χ0) is 12.3. The number of carbonyl (C=O) groups excluding carboxylic acids is 1. The van der Waals surface area contributed by atoms with Crippen LogP contribution in [0.2, 0.25) is 0 Å². The lowest BCUT2D eigenvalue weighted by molar-refractivity contribution is 0.0384. The first-order valence-corrected chi connectivity index (χ1v) is 6.53. The summed E-state index contributed by atoms with van der Waals surface area (Å²) >= 11 is 1.47. The summed E-state index contributed by atoms with van der Waals surface area (Å²) in [4.78, 5) is 17.8. The Labute approximate surface area is 104 Å². The van der Waals surface area contributed by atoms with Crippen molar-refractivity contribution in [3.8, 4) is 0 Å². The summed E-state index contributed by atoms with van der Waals surface area (Å²) in [5.74, 6) is -0.382. The van der Waals surface area contributed by atoms with Gasteiger partial charge >= 0.3 is 5.97 Å². The molecule has 0 aromatic carbocycles. The lowest BCUT2D eigenvalue weighted by Gasteiger charge is -2.32. The maximum absolute atomic E-state index is 11.3. The lowest BCUT2D eigenvalue weighted by Crippen LogP contribution is -2.42. The molecule has 94 valence electrons. The van der Waals surface area contributed by atoms with Crippen LogP contribution >= 0.6 is 11.3 Å². The fourth-order valence-electron chi connectivity index (χ4n) is 1.75. The summed E-state index contributed by atoms with van der Waals surface area (Å²) in [6, 6.07) is 0. The molecule has 0 amide bonds. The van der Waals surface area contributed by atoms with Crippen LogP contribution in [0.1, 0.15) is 23.8 Å². The fourth-order valence-corrected chi connectivity index (χ4v) is 2.58. The molecule has 2 heterocycles. The summed E-state index contributed by atoms with van der Waals surface area (Å²) in [5, 5.41) is 2.60. The standard InChI is InChI=1S/C11H16N2O3S/c1-3-8-6-13(4-5-16-8)11-12-9(7-17-11)10(14)15-2/h7-8H,3-6H2,1-2H3. The lowest BCUT2D eigenvalue weighted by atomic mass is 10.2. The molecule has 1 aromatic heterocycles. The first kappa shape index (κ1) is 12.3. The van der Waals surface area contributed by atoms with Crippen LogP contribution < -0.4 is 4.90 Å². The van der Waals surface area contributed by atoms with E-state index in [0.717, 1.165) is 24.6 Å². The van der Waals surface area contributed by atoms with E-state index >= 15 is 0 Å². The third-order valence-electron chi connectivity index (χ3n) is 2.75. The smallest absolute Gasteiger partial charge is 0.357 e. The van der Waals surface area contributed by atoms with Gasteiger partial charge in [0.15, 0.2) is 10.8 Å². The van der Waals surface area contributed by atoms with Crippen molar-refractivity contribution >= 4 is 22.4 Å². The predicted molar refractivity (Wildman–Crippen MR) is 65.7 cm³/mol. The van der Waals surface area contributed by atoms with E-state index in [1.807, 2.05) is 0 Å². The molecule has 0 bridgehead atoms. The van der Waals surface area contributed by atoms with Crippen molar-refractivity contribution in [3.63, 3.8) is 0 Å². The van der Waals surface area contributed by atoms with Crippen molar-refractivity contribution in [3.05, 3.63) is 11.1 Å². The highest BCUT2D eigenvalue weighted by Gasteiger charge is 2.22. The third-order valence-corrected chi connectivity index (χ3v) is 3.65. The van der Waals surface area contributed by atoms with Crippen LogP contribution in [0, 0.1) is 0 Å². The quantitative estimate of drug-likeness (QED) is 0.768. The van der Waals surface area contributed by atoms with Gasteiger partial charge in [-0.1, -0.05) is 6.92 Å². The van der Waals surface area contributed by atoms with Gasteiger partial charge in [0.05, 0.1) is 19.8 Å². The van der Waals surface area contributed by atoms with Gasteiger partial charge in [0.2, 0.25) is 0 Å². The summed E-state index contributed by atoms with van der Waals surface area (Å²) in [7, 11) is 1.36. The zero-order valence-corrected chi connectivity index (χ0v) is 10.8. The van der Waals surface area contributed by atoms with Gasteiger partial charge in [-0.15, -0.1) is 11.3 Å². The molecular weight excluding hydrogens is 240 g/mol. The van der Waals surface area contributed by atoms with Gasteiger partial charge in [-0.3, -0.25) is 0 Å². The zero-order valence-electron chi connectivity index (χ0n) is 10.0. The first-order valence-electron chi connectivity index (χ1n) is 5.65. The number of morpholine rings is 1. The van der Waals surface area contributed by atoms with Crippen LogP contribution in [-0.4, -0.2) is 43.9 Å². The first-order chi connectivity index (χ1) is 8.24. The van der Waals surface area contributed by atoms with Crippen molar-refractivity contribution in [1.82, 2.24) is 4.98 Å². The number of carbonyl (C=O) groups is 1. The molecule has 5 nitrogen and oxygen atoms in total. The van der Waals surface area contributed by atoms with Crippen molar-refractivity contribution in [2.75, 3.05) is 31.7 Å². The summed E-state index contributed by atoms with van der Waals surface area (Å²) in [6.07, 6.45) is 1.25. The second-order valence-corrected chi connectivity index (χ2v) is 4.69. The Bertz CT molecular complexity index is 394. The van der Waals surface area contributed by atoms with E-state index in [9.17, 15) is 4.79 Å². The molecule has 1 aliphatic heterocycles. The van der Waals surface area contributed by atoms with Gasteiger partial charge in [0, 0.05) is 18.5 Å². The Morgan fingerprint density at radius 2 is 2.59 bits per heavy atom. The number of esters is 1. The Hall–Kier alpha value is -1.14. The minimum atomic E-state index is -0.382. The summed E-state index contributed by atoms with van der Waals surface area (Å²) in [5.41, 5.74) is 0.382. The van der Waals surface area contributed by atoms with E-state index in [-0.39, 0.29) is 12.1 Å². The largest absolute Gasteiger partial charge is 0.464 e. The molecule has 17 heavy (non-hydrogen) atoms. The van der Waals surface area contributed by atoms with Gasteiger partial charge < -0.3 is 14.4 Å². The molecule has 1 unspecified atom stereocenters. The van der Waals surface area contributed by atoms with Gasteiger partial charge in [-0.05, 0) is 6.42 Å². The molecule has 1 fully saturated rings. The van der Waals surface area contributed by atoms with E-state index in [0.29, 0.717) is 12.3 Å². The topological polar surface area (TPSA) is 51.7 Å². The van der Waals surface area contributed by atoms with Crippen LogP contribution in [-0.2, 0) is 9.47 Å². The van der Waals surface area contributed by atoms with Crippen LogP contribution in [0.25, 0.3) is 0 Å². The average molecular weight is 256 g/mol. The van der Waals surface area contributed by atoms with Crippen molar-refractivity contribution in [2.24, 2.45) is 0 Å². The molecule has 0 spiro atoms. The minimum Gasteiger partial charge on any atom is -0.464 e. The number of nitrogens with zero attached hydrogens (tertiary/aromatic N) is 2. The highest BCUT2D eigenvalue weighted by Crippen LogP contribution is 2.23. The summed E-state index contributed by atoms with van der Waals surface area (Å²) < 4.78 is 10.2. The number of anilines is 1. The molecule has 0 saturated carbocycles. The number of hydrogen-bond acceptors (Lipinski definition) is 6. The van der Waals surface area contributed by atoms with E-state index in [2.05, 4.69) is 21.5 Å². The van der Waals surface area contributed by atoms with E-state index in [1.54, 1.807) is 5.38 Å². The molecule has 0 aliphatic carbocycles. The van der Waals surface area contributed by atoms with Gasteiger partial charge in [0.1, 0.15) is 0 Å². The maximum Gasteiger partial charge on any atom is 0.357 e. The second kappa shape index (κ2) is 5.46. The van der Waals surface area contributed by atoms with Crippen molar-refractivity contribution < 1.29 is 14.3 Å². The number of rotatable bonds is 3. The maximum atomic E-state index is 11.3. The molecule has 1 atom stereocenters. The minimum absolute atomic E-state index is 0.259. The molecule has 0 N–H and O–H groups in total. The number of hydrogen-bond donors (Lipinski definition) is 0. The Morgan fingerprint density at radius 3 is 3.29 bits per heavy atom. The molecule has 2 rings (SSSR count). The van der Waals surface area contributed by atoms with Crippen LogP contribution in [0.15, 0.2) is 5.38 Å². The Morgan fingerprint density at radius 1 is 1.76 bits per heavy atom. The van der Waals surface area contributed by atoms with Crippen molar-refractivity contribution in [1.29, 1.82) is 0 Å². The molecule has 0 radical (unpaired) electrons. The van der Waals surface area contributed by atoms with Crippen LogP contribution in [0.5, 0.6) is 0 Å². The molecule has 1 aromatic rings. The monoisotopic (exact) mass is 256 g/mol. The number of methoxy groups -OCH3 is 1. The van der Waals surface area contributed by atoms with Gasteiger partial charge in [-0.2, -0.15) is 0 Å². The predicted octanol–water partition coefficient (Wildman–Crippen LogP) is 1.54. The van der Waals surface area contributed by atoms with E-state index < -0.39 is 0 Å². The SMILES string of the molecule is CCC1CN(c2nc(C(=O)OC)cs2)CCO1. The average Bonchev–Trinajstić information content (AvgIpc) is 2.87. The highest BCUT2D eigenvalue weighted by atomic mass is 32.1. The van der Waals surface area contributed by atoms with Gasteiger partial charge in [-0.25, -0.2) is 9.78 Å². The highest BCUT2D eigenvalue weighted by molar-refractivity contribution is 7.13. The normalized spacial score (nSPS) is 20.4. The molecule has 6 heteroatoms. The second-order valence-electron chi connectivity index (χ2n) is 3.85. The fraction of sp³-hybridized carbons (Fsp3) is 0.636.